The minimum atomic E-state index is -6.96. The van der Waals surface area contributed by atoms with E-state index in [4.69, 9.17) is 4.42 Å². The van der Waals surface area contributed by atoms with Crippen molar-refractivity contribution in [2.75, 3.05) is 23.0 Å². The fourth-order valence-electron chi connectivity index (χ4n) is 5.56. The van der Waals surface area contributed by atoms with E-state index in [0.29, 0.717) is 14.8 Å². The third kappa shape index (κ3) is 5.74. The Bertz CT molecular complexity index is 1920. The molecule has 4 aliphatic rings. The maximum absolute atomic E-state index is 14.0. The van der Waals surface area contributed by atoms with Crippen LogP contribution in [0.1, 0.15) is 15.9 Å². The number of phenols is 1. The Morgan fingerprint density at radius 3 is 1.77 bits per heavy atom. The summed E-state index contributed by atoms with van der Waals surface area (Å²) in [5.41, 5.74) is -10.9. The van der Waals surface area contributed by atoms with Crippen molar-refractivity contribution in [1.82, 2.24) is 0 Å². The van der Waals surface area contributed by atoms with Gasteiger partial charge in [-0.1, -0.05) is 0 Å². The molecule has 2 aromatic carbocycles. The zero-order valence-electron chi connectivity index (χ0n) is 23.4. The quantitative estimate of drug-likeness (QED) is 0.123. The molecule has 0 spiro atoms. The Hall–Kier alpha value is -1.71. The number of hydrogen-bond donors (Lipinski definition) is 2. The number of aromatic carboxylic acids is 1. The van der Waals surface area contributed by atoms with Crippen LogP contribution in [0.15, 0.2) is 51.7 Å². The van der Waals surface area contributed by atoms with Crippen LogP contribution >= 0.6 is 40.1 Å². The molecule has 0 atom stereocenters. The second-order valence-electron chi connectivity index (χ2n) is 10.2. The minimum absolute atomic E-state index is 0.0159. The molecule has 256 valence electrons. The van der Waals surface area contributed by atoms with Gasteiger partial charge >= 0.3 is 288 Å². The molecular weight excluding hydrogens is 865 g/mol. The standard InChI is InChI=1S/C28H17As2F9O5S4/c31-26(32,33)25(27(34,35)36,28(37,38)39)12-1-2-13(16(11-12)24(42)43)19-14-3-5-17(40)20(29-45-7-8-46-29)22(14)44-23-15(19)4-6-18(41)21(23)30-47-9-10-48-30/h1-6,11,40H,7-10H2,(H,42,43). The molecule has 3 aliphatic heterocycles. The van der Waals surface area contributed by atoms with Gasteiger partial charge in [0.25, 0.3) is 0 Å². The average Bonchev–Trinajstić information content (AvgIpc) is 3.69. The molecule has 0 bridgehead atoms. The van der Waals surface area contributed by atoms with Crippen molar-refractivity contribution in [2.45, 2.75) is 23.9 Å². The van der Waals surface area contributed by atoms with Gasteiger partial charge in [0.15, 0.2) is 0 Å². The first-order valence-electron chi connectivity index (χ1n) is 13.4. The van der Waals surface area contributed by atoms with Crippen LogP contribution in [0.3, 0.4) is 0 Å². The summed E-state index contributed by atoms with van der Waals surface area (Å²) < 4.78 is 133. The molecule has 2 saturated heterocycles. The summed E-state index contributed by atoms with van der Waals surface area (Å²) in [5.74, 6) is 0.756. The summed E-state index contributed by atoms with van der Waals surface area (Å²) in [6.45, 7) is 0. The Kier molecular flexibility index (Phi) is 9.63. The molecule has 20 heteroatoms. The third-order valence-electron chi connectivity index (χ3n) is 7.54. The molecule has 0 saturated carbocycles. The van der Waals surface area contributed by atoms with E-state index >= 15 is 0 Å². The predicted octanol–water partition coefficient (Wildman–Crippen LogP) is 7.24. The van der Waals surface area contributed by atoms with Crippen molar-refractivity contribution in [2.24, 2.45) is 0 Å². The molecule has 5 nitrogen and oxygen atoms in total. The molecule has 0 unspecified atom stereocenters. The van der Waals surface area contributed by atoms with Gasteiger partial charge in [-0.2, -0.15) is 0 Å². The first-order valence-corrected chi connectivity index (χ1v) is 28.2. The number of phenolic OH excluding ortho intramolecular Hbond substituents is 1. The number of carboxylic acids is 1. The normalized spacial score (nSPS) is 17.2. The molecule has 1 aliphatic carbocycles. The number of carbonyl (C=O) groups is 1. The number of carboxylic acid groups (broad SMARTS) is 1. The molecule has 0 radical (unpaired) electrons. The van der Waals surface area contributed by atoms with E-state index in [-0.39, 0.29) is 51.2 Å². The van der Waals surface area contributed by atoms with Crippen LogP contribution in [0.5, 0.6) is 5.75 Å². The average molecular weight is 883 g/mol. The molecule has 0 aromatic heterocycles. The van der Waals surface area contributed by atoms with E-state index < -0.39 is 71.3 Å². The van der Waals surface area contributed by atoms with Crippen LogP contribution < -0.4 is 14.1 Å². The zero-order chi connectivity index (χ0) is 35.0. The summed E-state index contributed by atoms with van der Waals surface area (Å²) in [4.78, 5) is 25.9. The molecule has 48 heavy (non-hydrogen) atoms. The summed E-state index contributed by atoms with van der Waals surface area (Å²) in [5, 5.41) is 21.3. The predicted molar refractivity (Wildman–Crippen MR) is 174 cm³/mol. The monoisotopic (exact) mass is 882 g/mol. The van der Waals surface area contributed by atoms with E-state index in [1.54, 1.807) is 40.1 Å². The maximum atomic E-state index is 14.0. The van der Waals surface area contributed by atoms with Crippen molar-refractivity contribution in [1.29, 1.82) is 0 Å². The molecule has 3 heterocycles. The Labute approximate surface area is 286 Å². The first-order chi connectivity index (χ1) is 22.4. The van der Waals surface area contributed by atoms with Gasteiger partial charge in [0, 0.05) is 0 Å². The first kappa shape index (κ1) is 36.1. The van der Waals surface area contributed by atoms with Crippen LogP contribution in [-0.4, -0.2) is 82.4 Å². The molecule has 2 N–H and O–H groups in total. The van der Waals surface area contributed by atoms with E-state index in [0.717, 1.165) is 23.0 Å². The second-order valence-corrected chi connectivity index (χ2v) is 33.4. The van der Waals surface area contributed by atoms with E-state index in [9.17, 15) is 59.3 Å². The summed E-state index contributed by atoms with van der Waals surface area (Å²) in [6, 6.07) is 5.36. The SMILES string of the molecule is O=C(O)c1cc(C(C(F)(F)F)(C(F)(F)F)C(F)(F)F)ccc1-c1c2ccc(=O)c([As]3SCCS3)c-2oc2c([As]3SCCS3)c(O)ccc12. The van der Waals surface area contributed by atoms with Crippen molar-refractivity contribution in [3.8, 4) is 28.2 Å². The number of aromatic hydroxyl groups is 1. The topological polar surface area (TPSA) is 87.7 Å². The van der Waals surface area contributed by atoms with Gasteiger partial charge in [-0.05, 0) is 0 Å². The summed E-state index contributed by atoms with van der Waals surface area (Å²) in [7, 11) is 6.34. The van der Waals surface area contributed by atoms with Crippen molar-refractivity contribution < 1.29 is 58.9 Å². The van der Waals surface area contributed by atoms with E-state index in [2.05, 4.69) is 0 Å². The number of benzene rings is 3. The van der Waals surface area contributed by atoms with E-state index in [1.165, 1.54) is 24.3 Å². The van der Waals surface area contributed by atoms with Crippen LogP contribution in [0.2, 0.25) is 0 Å². The van der Waals surface area contributed by atoms with Crippen molar-refractivity contribution in [3.63, 3.8) is 0 Å². The van der Waals surface area contributed by atoms with Crippen LogP contribution in [0.4, 0.5) is 39.5 Å². The van der Waals surface area contributed by atoms with Gasteiger partial charge in [0.05, 0.1) is 0 Å². The van der Waals surface area contributed by atoms with E-state index in [1.807, 2.05) is 0 Å². The molecule has 0 amide bonds. The van der Waals surface area contributed by atoms with Gasteiger partial charge in [-0.25, -0.2) is 0 Å². The molecular formula is C28H17As2F9O5S4. The van der Waals surface area contributed by atoms with Crippen molar-refractivity contribution >= 4 is 90.4 Å². The fourth-order valence-corrected chi connectivity index (χ4v) is 35.2. The number of fused-ring (bicyclic) bond motifs is 2. The second kappa shape index (κ2) is 12.8. The van der Waals surface area contributed by atoms with Crippen LogP contribution in [-0.2, 0) is 5.41 Å². The fraction of sp³-hybridized carbons (Fsp3) is 0.286. The van der Waals surface area contributed by atoms with Crippen LogP contribution in [0.25, 0.3) is 33.4 Å². The molecule has 2 aromatic rings. The zero-order valence-corrected chi connectivity index (χ0v) is 30.4. The number of alkyl halides is 9. The Morgan fingerprint density at radius 1 is 0.729 bits per heavy atom. The van der Waals surface area contributed by atoms with Gasteiger partial charge in [-0.15, -0.1) is 0 Å². The van der Waals surface area contributed by atoms with Crippen LogP contribution in [0, 0.1) is 0 Å². The molecule has 6 rings (SSSR count). The van der Waals surface area contributed by atoms with Gasteiger partial charge in [0.1, 0.15) is 0 Å². The number of hydrogen-bond acceptors (Lipinski definition) is 8. The van der Waals surface area contributed by atoms with Gasteiger partial charge in [-0.3, -0.25) is 0 Å². The summed E-state index contributed by atoms with van der Waals surface area (Å²) in [6.07, 6.45) is -20.9. The van der Waals surface area contributed by atoms with Crippen molar-refractivity contribution in [3.05, 3.63) is 63.8 Å². The van der Waals surface area contributed by atoms with Gasteiger partial charge < -0.3 is 0 Å². The summed E-state index contributed by atoms with van der Waals surface area (Å²) >= 11 is -4.37. The third-order valence-corrected chi connectivity index (χ3v) is 34.7. The molecule has 2 fully saturated rings. The van der Waals surface area contributed by atoms with Gasteiger partial charge in [0.2, 0.25) is 0 Å². The number of halogens is 9. The Morgan fingerprint density at radius 2 is 1.25 bits per heavy atom. The Balaban J connectivity index is 1.75. The number of rotatable bonds is 5.